The lowest BCUT2D eigenvalue weighted by Crippen LogP contribution is -2.11. The topological polar surface area (TPSA) is 124 Å². The summed E-state index contributed by atoms with van der Waals surface area (Å²) in [6.07, 6.45) is 0. The molecule has 10 heteroatoms. The summed E-state index contributed by atoms with van der Waals surface area (Å²) in [4.78, 5) is 9.98. The molecule has 2 aromatic carbocycles. The molecule has 0 aliphatic rings. The van der Waals surface area contributed by atoms with Gasteiger partial charge in [0.25, 0.3) is 0 Å². The average Bonchev–Trinajstić information content (AvgIpc) is 3.28. The van der Waals surface area contributed by atoms with Crippen molar-refractivity contribution in [1.82, 2.24) is 9.97 Å². The monoisotopic (exact) mass is 457 g/mol. The van der Waals surface area contributed by atoms with Crippen molar-refractivity contribution in [3.63, 3.8) is 0 Å². The highest BCUT2D eigenvalue weighted by atomic mass is 32.2. The van der Waals surface area contributed by atoms with Crippen molar-refractivity contribution in [2.24, 2.45) is 5.14 Å². The number of nitrogens with zero attached hydrogens (tertiary/aromatic N) is 2. The molecule has 4 rings (SSSR count). The van der Waals surface area contributed by atoms with Gasteiger partial charge in [-0.2, -0.15) is 0 Å². The molecule has 0 amide bonds. The van der Waals surface area contributed by atoms with Crippen LogP contribution in [-0.4, -0.2) is 18.4 Å². The molecule has 5 N–H and O–H groups in total. The number of rotatable bonds is 5. The van der Waals surface area contributed by atoms with Crippen LogP contribution in [-0.2, 0) is 10.0 Å². The summed E-state index contributed by atoms with van der Waals surface area (Å²) < 4.78 is 22.7. The summed E-state index contributed by atoms with van der Waals surface area (Å²) >= 11 is 2.91. The highest BCUT2D eigenvalue weighted by Crippen LogP contribution is 2.39. The molecule has 0 saturated carbocycles. The van der Waals surface area contributed by atoms with Gasteiger partial charge in [0.2, 0.25) is 10.0 Å². The second-order valence-corrected chi connectivity index (χ2v) is 10.2. The molecule has 30 heavy (non-hydrogen) atoms. The fourth-order valence-electron chi connectivity index (χ4n) is 2.99. The van der Waals surface area contributed by atoms with Crippen molar-refractivity contribution >= 4 is 49.3 Å². The summed E-state index contributed by atoms with van der Waals surface area (Å²) in [7, 11) is -3.72. The Bertz CT molecular complexity index is 1320. The van der Waals surface area contributed by atoms with Crippen molar-refractivity contribution < 1.29 is 8.42 Å². The Morgan fingerprint density at radius 3 is 2.43 bits per heavy atom. The van der Waals surface area contributed by atoms with Gasteiger partial charge in [0.15, 0.2) is 5.13 Å². The number of nitrogens with two attached hydrogens (primary N) is 2. The molecule has 0 fully saturated rings. The Labute approximate surface area is 182 Å². The standard InChI is InChI=1S/C20H19N5O2S3/c1-11-3-8-15(12(2)9-11)16-10-28-19(24-16)17-18(21)25-20(29-17)23-13-4-6-14(7-5-13)30(22,26)27/h3-10H,21H2,1-2H3,(H,23,25)(H2,22,26,27). The lowest BCUT2D eigenvalue weighted by Gasteiger charge is -2.03. The molecular weight excluding hydrogens is 438 g/mol. The number of nitrogens with one attached hydrogen (secondary N) is 1. The number of hydrogen-bond donors (Lipinski definition) is 3. The van der Waals surface area contributed by atoms with E-state index < -0.39 is 10.0 Å². The van der Waals surface area contributed by atoms with Crippen LogP contribution in [0.15, 0.2) is 52.7 Å². The number of benzene rings is 2. The molecule has 0 atom stereocenters. The summed E-state index contributed by atoms with van der Waals surface area (Å²) in [5.41, 5.74) is 11.2. The number of hydrogen-bond acceptors (Lipinski definition) is 8. The highest BCUT2D eigenvalue weighted by molar-refractivity contribution is 7.89. The SMILES string of the molecule is Cc1ccc(-c2csc(-c3sc(Nc4ccc(S(N)(=O)=O)cc4)nc3N)n2)c(C)c1. The Balaban J connectivity index is 1.58. The first-order valence-corrected chi connectivity index (χ1v) is 12.1. The van der Waals surface area contributed by atoms with Crippen molar-refractivity contribution in [3.05, 3.63) is 59.0 Å². The molecule has 0 unspecified atom stereocenters. The maximum Gasteiger partial charge on any atom is 0.238 e. The zero-order valence-corrected chi connectivity index (χ0v) is 18.7. The van der Waals surface area contributed by atoms with Crippen LogP contribution in [0.5, 0.6) is 0 Å². The van der Waals surface area contributed by atoms with Gasteiger partial charge >= 0.3 is 0 Å². The lowest BCUT2D eigenvalue weighted by atomic mass is 10.0. The first kappa shape index (κ1) is 20.5. The van der Waals surface area contributed by atoms with E-state index in [0.717, 1.165) is 21.1 Å². The van der Waals surface area contributed by atoms with Crippen LogP contribution in [0.4, 0.5) is 16.6 Å². The zero-order valence-electron chi connectivity index (χ0n) is 16.2. The van der Waals surface area contributed by atoms with Crippen LogP contribution in [0.2, 0.25) is 0 Å². The third-order valence-electron chi connectivity index (χ3n) is 4.44. The summed E-state index contributed by atoms with van der Waals surface area (Å²) in [5, 5.41) is 11.7. The van der Waals surface area contributed by atoms with Crippen molar-refractivity contribution in [1.29, 1.82) is 0 Å². The van der Waals surface area contributed by atoms with Gasteiger partial charge in [-0.15, -0.1) is 11.3 Å². The van der Waals surface area contributed by atoms with E-state index in [2.05, 4.69) is 42.3 Å². The summed E-state index contributed by atoms with van der Waals surface area (Å²) in [6.45, 7) is 4.14. The third kappa shape index (κ3) is 4.21. The number of anilines is 3. The molecule has 0 radical (unpaired) electrons. The molecule has 154 valence electrons. The van der Waals surface area contributed by atoms with Crippen LogP contribution < -0.4 is 16.2 Å². The van der Waals surface area contributed by atoms with Gasteiger partial charge in [0.1, 0.15) is 15.7 Å². The second kappa shape index (κ2) is 7.80. The molecule has 0 aliphatic carbocycles. The van der Waals surface area contributed by atoms with Gasteiger partial charge < -0.3 is 11.1 Å². The van der Waals surface area contributed by atoms with Crippen LogP contribution in [0.25, 0.3) is 21.1 Å². The minimum atomic E-state index is -3.72. The van der Waals surface area contributed by atoms with Gasteiger partial charge in [-0.05, 0) is 43.7 Å². The first-order valence-electron chi connectivity index (χ1n) is 8.90. The van der Waals surface area contributed by atoms with Gasteiger partial charge in [-0.3, -0.25) is 0 Å². The zero-order chi connectivity index (χ0) is 21.5. The molecule has 4 aromatic rings. The molecule has 2 heterocycles. The first-order chi connectivity index (χ1) is 14.2. The maximum absolute atomic E-state index is 11.4. The number of thiazole rings is 2. The Morgan fingerprint density at radius 1 is 1.03 bits per heavy atom. The van der Waals surface area contributed by atoms with E-state index in [9.17, 15) is 8.42 Å². The van der Waals surface area contributed by atoms with Crippen molar-refractivity contribution in [2.45, 2.75) is 18.7 Å². The van der Waals surface area contributed by atoms with Gasteiger partial charge in [0, 0.05) is 16.6 Å². The predicted molar refractivity (Wildman–Crippen MR) is 124 cm³/mol. The van der Waals surface area contributed by atoms with Crippen molar-refractivity contribution in [2.75, 3.05) is 11.1 Å². The number of nitrogen functional groups attached to an aromatic ring is 1. The van der Waals surface area contributed by atoms with Gasteiger partial charge in [-0.1, -0.05) is 35.1 Å². The summed E-state index contributed by atoms with van der Waals surface area (Å²) in [5.74, 6) is 0.394. The van der Waals surface area contributed by atoms with Gasteiger partial charge in [-0.25, -0.2) is 23.5 Å². The number of aromatic nitrogens is 2. The van der Waals surface area contributed by atoms with Crippen molar-refractivity contribution in [3.8, 4) is 21.1 Å². The third-order valence-corrected chi connectivity index (χ3v) is 7.36. The van der Waals surface area contributed by atoms with E-state index >= 15 is 0 Å². The molecule has 0 spiro atoms. The number of primary sulfonamides is 1. The maximum atomic E-state index is 11.4. The van der Waals surface area contributed by atoms with Crippen LogP contribution >= 0.6 is 22.7 Å². The second-order valence-electron chi connectivity index (χ2n) is 6.78. The van der Waals surface area contributed by atoms with E-state index in [1.54, 1.807) is 12.1 Å². The van der Waals surface area contributed by atoms with E-state index in [0.29, 0.717) is 16.6 Å². The minimum absolute atomic E-state index is 0.0501. The molecular formula is C20H19N5O2S3. The smallest absolute Gasteiger partial charge is 0.238 e. The molecule has 0 bridgehead atoms. The molecule has 2 aromatic heterocycles. The fraction of sp³-hybridized carbons (Fsp3) is 0.100. The van der Waals surface area contributed by atoms with Crippen LogP contribution in [0, 0.1) is 13.8 Å². The minimum Gasteiger partial charge on any atom is -0.382 e. The lowest BCUT2D eigenvalue weighted by molar-refractivity contribution is 0.598. The van der Waals surface area contributed by atoms with E-state index in [4.69, 9.17) is 15.9 Å². The molecule has 0 aliphatic heterocycles. The molecule has 7 nitrogen and oxygen atoms in total. The van der Waals surface area contributed by atoms with E-state index in [-0.39, 0.29) is 4.90 Å². The normalized spacial score (nSPS) is 11.6. The largest absolute Gasteiger partial charge is 0.382 e. The Morgan fingerprint density at radius 2 is 1.77 bits per heavy atom. The van der Waals surface area contributed by atoms with Gasteiger partial charge in [0.05, 0.1) is 10.6 Å². The summed E-state index contributed by atoms with van der Waals surface area (Å²) in [6, 6.07) is 12.4. The van der Waals surface area contributed by atoms with Crippen LogP contribution in [0.3, 0.4) is 0 Å². The highest BCUT2D eigenvalue weighted by Gasteiger charge is 2.16. The Hall–Kier alpha value is -2.79. The number of aryl methyl sites for hydroxylation is 2. The Kier molecular flexibility index (Phi) is 5.33. The van der Waals surface area contributed by atoms with E-state index in [1.165, 1.54) is 45.9 Å². The van der Waals surface area contributed by atoms with E-state index in [1.807, 2.05) is 5.38 Å². The molecule has 0 saturated heterocycles. The fourth-order valence-corrected chi connectivity index (χ4v) is 5.33. The quantitative estimate of drug-likeness (QED) is 0.405. The van der Waals surface area contributed by atoms with Crippen LogP contribution in [0.1, 0.15) is 11.1 Å². The average molecular weight is 458 g/mol. The number of sulfonamides is 1. The predicted octanol–water partition coefficient (Wildman–Crippen LogP) is 4.52.